The summed E-state index contributed by atoms with van der Waals surface area (Å²) in [6.45, 7) is 2.95. The molecule has 0 aliphatic carbocycles. The van der Waals surface area contributed by atoms with E-state index in [9.17, 15) is 24.9 Å². The van der Waals surface area contributed by atoms with Crippen molar-refractivity contribution >= 4 is 0 Å². The molecule has 0 radical (unpaired) electrons. The van der Waals surface area contributed by atoms with Gasteiger partial charge in [-0.1, -0.05) is 6.08 Å². The summed E-state index contributed by atoms with van der Waals surface area (Å²) in [4.78, 5) is 24.7. The maximum absolute atomic E-state index is 11.7. The average Bonchev–Trinajstić information content (AvgIpc) is 2.65. The minimum atomic E-state index is -1.43. The van der Waals surface area contributed by atoms with Crippen LogP contribution < -0.4 is 11.2 Å². The Kier molecular flexibility index (Phi) is 3.91. The molecule has 0 bridgehead atoms. The molecule has 8 nitrogen and oxygen atoms in total. The summed E-state index contributed by atoms with van der Waals surface area (Å²) < 4.78 is 6.44. The van der Waals surface area contributed by atoms with E-state index in [1.54, 1.807) is 0 Å². The number of hydrogen-bond acceptors (Lipinski definition) is 6. The second-order valence-corrected chi connectivity index (χ2v) is 4.68. The molecular formula is C12H16N2O6. The number of rotatable bonds is 4. The summed E-state index contributed by atoms with van der Waals surface area (Å²) in [5, 5.41) is 29.5. The first-order chi connectivity index (χ1) is 9.45. The van der Waals surface area contributed by atoms with Gasteiger partial charge in [-0.3, -0.25) is 14.3 Å². The van der Waals surface area contributed by atoms with Crippen molar-refractivity contribution in [1.82, 2.24) is 9.55 Å². The van der Waals surface area contributed by atoms with Crippen molar-refractivity contribution in [1.29, 1.82) is 0 Å². The standard InChI is InChI=1S/C12H16N2O6/c1-2-4-12(6-15)9(18)8(17)10(20-12)14-5-3-7(16)13-11(14)19/h2-3,5,8-10,15,17-18H,1,4,6H2,(H,13,16,19)/t8-,9+,10-,12-/m1/s1. The molecule has 2 heterocycles. The molecular weight excluding hydrogens is 268 g/mol. The SMILES string of the molecule is C=CC[C@]1(CO)O[C@@H](n2ccc(=O)[nH]c2=O)[C@H](O)[C@@H]1O. The zero-order valence-corrected chi connectivity index (χ0v) is 10.6. The Morgan fingerprint density at radius 3 is 2.75 bits per heavy atom. The topological polar surface area (TPSA) is 125 Å². The van der Waals surface area contributed by atoms with E-state index in [4.69, 9.17) is 4.74 Å². The summed E-state index contributed by atoms with van der Waals surface area (Å²) in [6.07, 6.45) is -1.34. The van der Waals surface area contributed by atoms with E-state index >= 15 is 0 Å². The molecule has 0 aromatic carbocycles. The van der Waals surface area contributed by atoms with Crippen molar-refractivity contribution in [3.05, 3.63) is 45.8 Å². The van der Waals surface area contributed by atoms with Crippen molar-refractivity contribution in [3.63, 3.8) is 0 Å². The molecule has 8 heteroatoms. The van der Waals surface area contributed by atoms with Crippen molar-refractivity contribution < 1.29 is 20.1 Å². The number of hydrogen-bond donors (Lipinski definition) is 4. The van der Waals surface area contributed by atoms with Crippen LogP contribution in [0.15, 0.2) is 34.5 Å². The normalized spacial score (nSPS) is 33.2. The zero-order chi connectivity index (χ0) is 14.9. The van der Waals surface area contributed by atoms with Gasteiger partial charge in [-0.15, -0.1) is 6.58 Å². The molecule has 4 N–H and O–H groups in total. The summed E-state index contributed by atoms with van der Waals surface area (Å²) in [7, 11) is 0. The van der Waals surface area contributed by atoms with Crippen molar-refractivity contribution in [2.24, 2.45) is 0 Å². The third kappa shape index (κ3) is 2.22. The van der Waals surface area contributed by atoms with Crippen molar-refractivity contribution in [2.75, 3.05) is 6.61 Å². The van der Waals surface area contributed by atoms with Gasteiger partial charge in [-0.25, -0.2) is 4.79 Å². The number of aliphatic hydroxyl groups excluding tert-OH is 3. The highest BCUT2D eigenvalue weighted by Gasteiger charge is 2.54. The number of nitrogens with zero attached hydrogens (tertiary/aromatic N) is 1. The van der Waals surface area contributed by atoms with Crippen LogP contribution in [0.5, 0.6) is 0 Å². The number of aliphatic hydroxyl groups is 3. The predicted octanol–water partition coefficient (Wildman–Crippen LogP) is -1.91. The van der Waals surface area contributed by atoms with E-state index in [1.165, 1.54) is 6.08 Å². The number of ether oxygens (including phenoxy) is 1. The van der Waals surface area contributed by atoms with Crippen LogP contribution in [0.25, 0.3) is 0 Å². The van der Waals surface area contributed by atoms with E-state index in [0.29, 0.717) is 0 Å². The lowest BCUT2D eigenvalue weighted by Gasteiger charge is -2.28. The molecule has 1 aromatic heterocycles. The third-order valence-corrected chi connectivity index (χ3v) is 3.39. The predicted molar refractivity (Wildman–Crippen MR) is 68.1 cm³/mol. The maximum atomic E-state index is 11.7. The largest absolute Gasteiger partial charge is 0.393 e. The van der Waals surface area contributed by atoms with Crippen LogP contribution in [0.4, 0.5) is 0 Å². The van der Waals surface area contributed by atoms with Crippen LogP contribution in [-0.2, 0) is 4.74 Å². The number of H-pyrrole nitrogens is 1. The summed E-state index contributed by atoms with van der Waals surface area (Å²) in [5.74, 6) is 0. The lowest BCUT2D eigenvalue weighted by Crippen LogP contribution is -2.45. The van der Waals surface area contributed by atoms with Gasteiger partial charge in [0.05, 0.1) is 6.61 Å². The Hall–Kier alpha value is -1.74. The molecule has 20 heavy (non-hydrogen) atoms. The quantitative estimate of drug-likeness (QED) is 0.478. The van der Waals surface area contributed by atoms with Crippen LogP contribution >= 0.6 is 0 Å². The minimum absolute atomic E-state index is 0.0936. The lowest BCUT2D eigenvalue weighted by molar-refractivity contribution is -0.127. The maximum Gasteiger partial charge on any atom is 0.330 e. The molecule has 1 fully saturated rings. The summed E-state index contributed by atoms with van der Waals surface area (Å²) >= 11 is 0. The van der Waals surface area contributed by atoms with Gasteiger partial charge in [-0.05, 0) is 6.42 Å². The Balaban J connectivity index is 2.42. The van der Waals surface area contributed by atoms with Gasteiger partial charge >= 0.3 is 5.69 Å². The van der Waals surface area contributed by atoms with Gasteiger partial charge < -0.3 is 20.1 Å². The van der Waals surface area contributed by atoms with Crippen molar-refractivity contribution in [3.8, 4) is 0 Å². The lowest BCUT2D eigenvalue weighted by atomic mass is 9.92. The molecule has 2 rings (SSSR count). The molecule has 0 amide bonds. The first-order valence-electron chi connectivity index (χ1n) is 6.02. The van der Waals surface area contributed by atoms with E-state index < -0.39 is 41.9 Å². The molecule has 0 saturated carbocycles. The Bertz CT molecular complexity index is 608. The first kappa shape index (κ1) is 14.7. The fourth-order valence-corrected chi connectivity index (χ4v) is 2.30. The molecule has 1 aliphatic rings. The van der Waals surface area contributed by atoms with Gasteiger partial charge in [0.15, 0.2) is 6.23 Å². The first-order valence-corrected chi connectivity index (χ1v) is 6.02. The number of nitrogens with one attached hydrogen (secondary N) is 1. The van der Waals surface area contributed by atoms with Crippen LogP contribution in [0.2, 0.25) is 0 Å². The van der Waals surface area contributed by atoms with Crippen LogP contribution in [0.3, 0.4) is 0 Å². The summed E-state index contributed by atoms with van der Waals surface area (Å²) in [6, 6.07) is 1.09. The summed E-state index contributed by atoms with van der Waals surface area (Å²) in [5.41, 5.74) is -2.79. The van der Waals surface area contributed by atoms with E-state index in [1.807, 2.05) is 4.98 Å². The molecule has 110 valence electrons. The fraction of sp³-hybridized carbons (Fsp3) is 0.500. The minimum Gasteiger partial charge on any atom is -0.393 e. The second-order valence-electron chi connectivity index (χ2n) is 4.68. The smallest absolute Gasteiger partial charge is 0.330 e. The zero-order valence-electron chi connectivity index (χ0n) is 10.6. The van der Waals surface area contributed by atoms with Gasteiger partial charge in [0.25, 0.3) is 5.56 Å². The fourth-order valence-electron chi connectivity index (χ4n) is 2.30. The second kappa shape index (κ2) is 5.33. The van der Waals surface area contributed by atoms with E-state index in [0.717, 1.165) is 16.8 Å². The molecule has 1 aliphatic heterocycles. The Morgan fingerprint density at radius 2 is 2.20 bits per heavy atom. The number of aromatic amines is 1. The highest BCUT2D eigenvalue weighted by atomic mass is 16.6. The molecule has 0 unspecified atom stereocenters. The van der Waals surface area contributed by atoms with Gasteiger partial charge in [0, 0.05) is 12.3 Å². The van der Waals surface area contributed by atoms with Crippen LogP contribution in [-0.4, -0.2) is 49.3 Å². The number of aromatic nitrogens is 2. The Morgan fingerprint density at radius 1 is 1.50 bits per heavy atom. The van der Waals surface area contributed by atoms with Crippen molar-refractivity contribution in [2.45, 2.75) is 30.5 Å². The van der Waals surface area contributed by atoms with Gasteiger partial charge in [0.1, 0.15) is 17.8 Å². The van der Waals surface area contributed by atoms with Crippen LogP contribution in [0, 0.1) is 0 Å². The van der Waals surface area contributed by atoms with Crippen LogP contribution in [0.1, 0.15) is 12.6 Å². The molecule has 0 spiro atoms. The molecule has 1 aromatic rings. The molecule has 4 atom stereocenters. The third-order valence-electron chi connectivity index (χ3n) is 3.39. The highest BCUT2D eigenvalue weighted by Crippen LogP contribution is 2.38. The monoisotopic (exact) mass is 284 g/mol. The van der Waals surface area contributed by atoms with E-state index in [2.05, 4.69) is 6.58 Å². The highest BCUT2D eigenvalue weighted by molar-refractivity contribution is 5.04. The van der Waals surface area contributed by atoms with Gasteiger partial charge in [0.2, 0.25) is 0 Å². The van der Waals surface area contributed by atoms with E-state index in [-0.39, 0.29) is 6.42 Å². The molecule has 1 saturated heterocycles. The Labute approximate surface area is 113 Å². The van der Waals surface area contributed by atoms with Gasteiger partial charge in [-0.2, -0.15) is 0 Å². The average molecular weight is 284 g/mol.